The van der Waals surface area contributed by atoms with Gasteiger partial charge < -0.3 is 9.63 Å². The van der Waals surface area contributed by atoms with E-state index >= 15 is 0 Å². The van der Waals surface area contributed by atoms with Crippen molar-refractivity contribution in [3.8, 4) is 11.5 Å². The topological polar surface area (TPSA) is 92.0 Å². The predicted octanol–water partition coefficient (Wildman–Crippen LogP) is 1.00. The molecule has 0 aliphatic heterocycles. The molecule has 2 heterocycles. The van der Waals surface area contributed by atoms with Crippen LogP contribution in [0.25, 0.3) is 11.5 Å². The number of nitrogens with zero attached hydrogens (tertiary/aromatic N) is 2. The minimum atomic E-state index is -0.920. The van der Waals surface area contributed by atoms with Crippen LogP contribution in [0.4, 0.5) is 0 Å². The highest BCUT2D eigenvalue weighted by Crippen LogP contribution is 2.24. The van der Waals surface area contributed by atoms with Gasteiger partial charge in [-0.2, -0.15) is 5.10 Å². The number of hydrogen-bond acceptors (Lipinski definition) is 4. The van der Waals surface area contributed by atoms with Gasteiger partial charge in [0.15, 0.2) is 5.76 Å². The number of aliphatic carboxylic acids is 1. The standard InChI is InChI=1S/C9H9N3O3/c1-5-3-10-12-8(5)9-6(2-7(13)14)4-11-15-9/h3-4H,2H2,1H3,(H,10,12)(H,13,14). The van der Waals surface area contributed by atoms with Crippen molar-refractivity contribution in [2.75, 3.05) is 0 Å². The first-order chi connectivity index (χ1) is 7.18. The van der Waals surface area contributed by atoms with E-state index in [-0.39, 0.29) is 6.42 Å². The minimum absolute atomic E-state index is 0.114. The Kier molecular flexibility index (Phi) is 2.24. The molecule has 0 radical (unpaired) electrons. The molecular weight excluding hydrogens is 198 g/mol. The van der Waals surface area contributed by atoms with Gasteiger partial charge in [-0.3, -0.25) is 9.89 Å². The summed E-state index contributed by atoms with van der Waals surface area (Å²) in [6.07, 6.45) is 2.93. The van der Waals surface area contributed by atoms with Gasteiger partial charge in [0.25, 0.3) is 0 Å². The number of aromatic nitrogens is 3. The molecule has 15 heavy (non-hydrogen) atoms. The van der Waals surface area contributed by atoms with Gasteiger partial charge in [0, 0.05) is 5.56 Å². The van der Waals surface area contributed by atoms with Crippen molar-refractivity contribution < 1.29 is 14.4 Å². The molecule has 2 rings (SSSR count). The fraction of sp³-hybridized carbons (Fsp3) is 0.222. The van der Waals surface area contributed by atoms with Crippen molar-refractivity contribution in [1.82, 2.24) is 15.4 Å². The van der Waals surface area contributed by atoms with Crippen LogP contribution >= 0.6 is 0 Å². The fourth-order valence-electron chi connectivity index (χ4n) is 1.33. The smallest absolute Gasteiger partial charge is 0.308 e. The van der Waals surface area contributed by atoms with Crippen molar-refractivity contribution in [3.63, 3.8) is 0 Å². The molecule has 0 aliphatic rings. The first-order valence-corrected chi connectivity index (χ1v) is 4.34. The van der Waals surface area contributed by atoms with Gasteiger partial charge in [-0.25, -0.2) is 0 Å². The summed E-state index contributed by atoms with van der Waals surface area (Å²) >= 11 is 0. The normalized spacial score (nSPS) is 10.5. The SMILES string of the molecule is Cc1cn[nH]c1-c1oncc1CC(=O)O. The molecule has 0 saturated carbocycles. The number of nitrogens with one attached hydrogen (secondary N) is 1. The number of aryl methyl sites for hydroxylation is 1. The van der Waals surface area contributed by atoms with E-state index in [0.29, 0.717) is 17.0 Å². The summed E-state index contributed by atoms with van der Waals surface area (Å²) in [7, 11) is 0. The lowest BCUT2D eigenvalue weighted by atomic mass is 10.1. The zero-order chi connectivity index (χ0) is 10.8. The molecule has 0 bridgehead atoms. The third-order valence-corrected chi connectivity index (χ3v) is 2.04. The van der Waals surface area contributed by atoms with Gasteiger partial charge in [0.2, 0.25) is 0 Å². The molecule has 2 aromatic heterocycles. The van der Waals surface area contributed by atoms with E-state index in [1.807, 2.05) is 6.92 Å². The Bertz CT molecular complexity index is 486. The highest BCUT2D eigenvalue weighted by molar-refractivity contribution is 5.73. The number of H-pyrrole nitrogens is 1. The third-order valence-electron chi connectivity index (χ3n) is 2.04. The largest absolute Gasteiger partial charge is 0.481 e. The Hall–Kier alpha value is -2.11. The van der Waals surface area contributed by atoms with Crippen LogP contribution in [-0.4, -0.2) is 26.4 Å². The van der Waals surface area contributed by atoms with Crippen LogP contribution in [-0.2, 0) is 11.2 Å². The molecule has 2 aromatic rings. The van der Waals surface area contributed by atoms with Gasteiger partial charge in [-0.05, 0) is 12.5 Å². The van der Waals surface area contributed by atoms with Crippen LogP contribution in [0, 0.1) is 6.92 Å². The van der Waals surface area contributed by atoms with Gasteiger partial charge in [-0.15, -0.1) is 0 Å². The number of carboxylic acid groups (broad SMARTS) is 1. The molecule has 0 unspecified atom stereocenters. The predicted molar refractivity (Wildman–Crippen MR) is 50.2 cm³/mol. The number of hydrogen-bond donors (Lipinski definition) is 2. The van der Waals surface area contributed by atoms with Crippen molar-refractivity contribution in [1.29, 1.82) is 0 Å². The quantitative estimate of drug-likeness (QED) is 0.783. The van der Waals surface area contributed by atoms with E-state index in [9.17, 15) is 4.79 Å². The molecule has 6 heteroatoms. The molecule has 78 valence electrons. The lowest BCUT2D eigenvalue weighted by Gasteiger charge is -1.96. The lowest BCUT2D eigenvalue weighted by molar-refractivity contribution is -0.136. The van der Waals surface area contributed by atoms with E-state index in [2.05, 4.69) is 15.4 Å². The van der Waals surface area contributed by atoms with Gasteiger partial charge in [-0.1, -0.05) is 5.16 Å². The maximum Gasteiger partial charge on any atom is 0.308 e. The molecule has 0 aromatic carbocycles. The molecule has 0 spiro atoms. The van der Waals surface area contributed by atoms with Gasteiger partial charge >= 0.3 is 5.97 Å². The van der Waals surface area contributed by atoms with E-state index < -0.39 is 5.97 Å². The molecular formula is C9H9N3O3. The van der Waals surface area contributed by atoms with Crippen LogP contribution in [0.2, 0.25) is 0 Å². The number of aromatic amines is 1. The number of carboxylic acids is 1. The highest BCUT2D eigenvalue weighted by atomic mass is 16.5. The van der Waals surface area contributed by atoms with Crippen LogP contribution < -0.4 is 0 Å². The Balaban J connectivity index is 2.41. The zero-order valence-electron chi connectivity index (χ0n) is 8.02. The summed E-state index contributed by atoms with van der Waals surface area (Å²) in [5, 5.41) is 18.8. The minimum Gasteiger partial charge on any atom is -0.481 e. The van der Waals surface area contributed by atoms with Crippen molar-refractivity contribution in [2.24, 2.45) is 0 Å². The summed E-state index contributed by atoms with van der Waals surface area (Å²) in [6, 6.07) is 0. The summed E-state index contributed by atoms with van der Waals surface area (Å²) in [6.45, 7) is 1.85. The Morgan fingerprint density at radius 1 is 1.60 bits per heavy atom. The summed E-state index contributed by atoms with van der Waals surface area (Å²) in [5.74, 6) is -0.482. The average molecular weight is 207 g/mol. The van der Waals surface area contributed by atoms with Crippen LogP contribution in [0.3, 0.4) is 0 Å². The monoisotopic (exact) mass is 207 g/mol. The summed E-state index contributed by atoms with van der Waals surface area (Å²) in [5.41, 5.74) is 2.09. The highest BCUT2D eigenvalue weighted by Gasteiger charge is 2.16. The average Bonchev–Trinajstić information content (AvgIpc) is 2.73. The number of carbonyl (C=O) groups is 1. The Morgan fingerprint density at radius 2 is 2.40 bits per heavy atom. The second kappa shape index (κ2) is 3.56. The Morgan fingerprint density at radius 3 is 3.00 bits per heavy atom. The van der Waals surface area contributed by atoms with Gasteiger partial charge in [0.1, 0.15) is 5.69 Å². The second-order valence-electron chi connectivity index (χ2n) is 3.18. The van der Waals surface area contributed by atoms with Crippen LogP contribution in [0.1, 0.15) is 11.1 Å². The number of rotatable bonds is 3. The van der Waals surface area contributed by atoms with E-state index in [0.717, 1.165) is 5.56 Å². The molecule has 0 aliphatic carbocycles. The maximum absolute atomic E-state index is 10.6. The van der Waals surface area contributed by atoms with Crippen molar-refractivity contribution in [2.45, 2.75) is 13.3 Å². The van der Waals surface area contributed by atoms with Crippen LogP contribution in [0.15, 0.2) is 16.9 Å². The van der Waals surface area contributed by atoms with E-state index in [1.54, 1.807) is 6.20 Å². The van der Waals surface area contributed by atoms with E-state index in [1.165, 1.54) is 6.20 Å². The Labute approximate surface area is 84.9 Å². The molecule has 2 N–H and O–H groups in total. The van der Waals surface area contributed by atoms with E-state index in [4.69, 9.17) is 9.63 Å². The third kappa shape index (κ3) is 1.74. The molecule has 0 fully saturated rings. The summed E-state index contributed by atoms with van der Waals surface area (Å²) < 4.78 is 5.01. The second-order valence-corrected chi connectivity index (χ2v) is 3.18. The van der Waals surface area contributed by atoms with Crippen molar-refractivity contribution in [3.05, 3.63) is 23.5 Å². The van der Waals surface area contributed by atoms with Crippen molar-refractivity contribution >= 4 is 5.97 Å². The zero-order valence-corrected chi connectivity index (χ0v) is 8.02. The fourth-order valence-corrected chi connectivity index (χ4v) is 1.33. The molecule has 6 nitrogen and oxygen atoms in total. The lowest BCUT2D eigenvalue weighted by Crippen LogP contribution is -2.00. The van der Waals surface area contributed by atoms with Crippen LogP contribution in [0.5, 0.6) is 0 Å². The first-order valence-electron chi connectivity index (χ1n) is 4.34. The molecule has 0 atom stereocenters. The first kappa shape index (κ1) is 9.45. The maximum atomic E-state index is 10.6. The molecule has 0 saturated heterocycles. The summed E-state index contributed by atoms with van der Waals surface area (Å²) in [4.78, 5) is 10.6. The van der Waals surface area contributed by atoms with Gasteiger partial charge in [0.05, 0.1) is 18.8 Å². The molecule has 0 amide bonds.